The number of methoxy groups -OCH3 is 1. The molecular formula is C20H15NO5. The smallest absolute Gasteiger partial charge is 0.270 e. The number of hydrogen-bond donors (Lipinski definition) is 0. The molecule has 0 aliphatic heterocycles. The first-order valence-electron chi connectivity index (χ1n) is 7.78. The summed E-state index contributed by atoms with van der Waals surface area (Å²) in [6, 6.07) is 16.4. The summed E-state index contributed by atoms with van der Waals surface area (Å²) in [6.07, 6.45) is 2.97. The molecule has 2 aromatic carbocycles. The Labute approximate surface area is 149 Å². The Morgan fingerprint density at radius 1 is 1.12 bits per heavy atom. The van der Waals surface area contributed by atoms with E-state index in [2.05, 4.69) is 0 Å². The van der Waals surface area contributed by atoms with Gasteiger partial charge in [-0.25, -0.2) is 0 Å². The van der Waals surface area contributed by atoms with Gasteiger partial charge in [0.15, 0.2) is 5.78 Å². The number of nitrogens with zero attached hydrogens (tertiary/aromatic N) is 1. The molecule has 3 rings (SSSR count). The molecule has 6 nitrogen and oxygen atoms in total. The quantitative estimate of drug-likeness (QED) is 0.277. The monoisotopic (exact) mass is 349 g/mol. The Balaban J connectivity index is 1.77. The summed E-state index contributed by atoms with van der Waals surface area (Å²) in [5.74, 6) is 1.39. The van der Waals surface area contributed by atoms with Gasteiger partial charge in [-0.05, 0) is 36.4 Å². The van der Waals surface area contributed by atoms with E-state index in [1.165, 1.54) is 25.3 Å². The van der Waals surface area contributed by atoms with Gasteiger partial charge < -0.3 is 9.15 Å². The highest BCUT2D eigenvalue weighted by atomic mass is 16.6. The van der Waals surface area contributed by atoms with Crippen molar-refractivity contribution in [3.63, 3.8) is 0 Å². The Morgan fingerprint density at radius 3 is 2.69 bits per heavy atom. The van der Waals surface area contributed by atoms with Crippen LogP contribution in [0.4, 0.5) is 5.69 Å². The van der Waals surface area contributed by atoms with Crippen LogP contribution in [0.25, 0.3) is 17.4 Å². The minimum absolute atomic E-state index is 0.0100. The molecule has 0 aliphatic rings. The van der Waals surface area contributed by atoms with Gasteiger partial charge in [-0.3, -0.25) is 14.9 Å². The standard InChI is InChI=1S/C20H15NO5/c1-25-18-7-3-4-14(13-18)19(22)10-8-17-9-11-20(26-17)15-5-2-6-16(12-15)21(23)24/h2-13H,1H3. The summed E-state index contributed by atoms with van der Waals surface area (Å²) in [6.45, 7) is 0. The van der Waals surface area contributed by atoms with Gasteiger partial charge in [0.25, 0.3) is 5.69 Å². The number of allylic oxidation sites excluding steroid dienone is 1. The van der Waals surface area contributed by atoms with Crippen LogP contribution in [-0.4, -0.2) is 17.8 Å². The summed E-state index contributed by atoms with van der Waals surface area (Å²) in [4.78, 5) is 22.6. The Kier molecular flexibility index (Phi) is 4.94. The highest BCUT2D eigenvalue weighted by Gasteiger charge is 2.10. The number of benzene rings is 2. The minimum atomic E-state index is -0.458. The fourth-order valence-corrected chi connectivity index (χ4v) is 2.40. The van der Waals surface area contributed by atoms with E-state index in [1.807, 2.05) is 0 Å². The van der Waals surface area contributed by atoms with Crippen LogP contribution in [0.5, 0.6) is 5.75 Å². The fourth-order valence-electron chi connectivity index (χ4n) is 2.40. The lowest BCUT2D eigenvalue weighted by Gasteiger charge is -2.00. The zero-order valence-corrected chi connectivity index (χ0v) is 13.9. The maximum atomic E-state index is 12.2. The summed E-state index contributed by atoms with van der Waals surface area (Å²) < 4.78 is 10.8. The van der Waals surface area contributed by atoms with E-state index in [-0.39, 0.29) is 11.5 Å². The molecule has 1 heterocycles. The SMILES string of the molecule is COc1cccc(C(=O)C=Cc2ccc(-c3cccc([N+](=O)[O-])c3)o2)c1. The highest BCUT2D eigenvalue weighted by Crippen LogP contribution is 2.26. The second-order valence-corrected chi connectivity index (χ2v) is 5.44. The van der Waals surface area contributed by atoms with Crippen molar-refractivity contribution < 1.29 is 18.9 Å². The zero-order chi connectivity index (χ0) is 18.5. The van der Waals surface area contributed by atoms with Gasteiger partial charge in [0, 0.05) is 23.3 Å². The number of ketones is 1. The molecule has 26 heavy (non-hydrogen) atoms. The van der Waals surface area contributed by atoms with Crippen molar-refractivity contribution in [2.24, 2.45) is 0 Å². The molecule has 0 amide bonds. The first-order valence-corrected chi connectivity index (χ1v) is 7.78. The van der Waals surface area contributed by atoms with Crippen molar-refractivity contribution in [3.05, 3.63) is 88.2 Å². The Hall–Kier alpha value is -3.67. The summed E-state index contributed by atoms with van der Waals surface area (Å²) in [5.41, 5.74) is 1.09. The zero-order valence-electron chi connectivity index (χ0n) is 13.9. The van der Waals surface area contributed by atoms with Gasteiger partial charge in [-0.1, -0.05) is 24.3 Å². The van der Waals surface area contributed by atoms with Crippen molar-refractivity contribution in [1.29, 1.82) is 0 Å². The largest absolute Gasteiger partial charge is 0.497 e. The third-order valence-electron chi connectivity index (χ3n) is 3.72. The number of ether oxygens (including phenoxy) is 1. The molecule has 0 radical (unpaired) electrons. The van der Waals surface area contributed by atoms with Gasteiger partial charge in [-0.15, -0.1) is 0 Å². The number of nitro groups is 1. The average molecular weight is 349 g/mol. The van der Waals surface area contributed by atoms with E-state index in [4.69, 9.17) is 9.15 Å². The molecule has 0 atom stereocenters. The van der Waals surface area contributed by atoms with Crippen LogP contribution in [0.1, 0.15) is 16.1 Å². The predicted molar refractivity (Wildman–Crippen MR) is 97.2 cm³/mol. The predicted octanol–water partition coefficient (Wildman–Crippen LogP) is 4.76. The first-order chi connectivity index (χ1) is 12.6. The molecule has 0 aliphatic carbocycles. The van der Waals surface area contributed by atoms with E-state index >= 15 is 0 Å². The van der Waals surface area contributed by atoms with Gasteiger partial charge >= 0.3 is 0 Å². The normalized spacial score (nSPS) is 10.8. The second kappa shape index (κ2) is 7.48. The molecule has 0 fully saturated rings. The van der Waals surface area contributed by atoms with Crippen LogP contribution in [0, 0.1) is 10.1 Å². The van der Waals surface area contributed by atoms with Gasteiger partial charge in [-0.2, -0.15) is 0 Å². The van der Waals surface area contributed by atoms with Gasteiger partial charge in [0.1, 0.15) is 17.3 Å². The second-order valence-electron chi connectivity index (χ2n) is 5.44. The molecule has 0 saturated carbocycles. The lowest BCUT2D eigenvalue weighted by molar-refractivity contribution is -0.384. The molecular weight excluding hydrogens is 334 g/mol. The van der Waals surface area contributed by atoms with Crippen molar-refractivity contribution in [3.8, 4) is 17.1 Å². The maximum Gasteiger partial charge on any atom is 0.270 e. The summed E-state index contributed by atoms with van der Waals surface area (Å²) in [7, 11) is 1.54. The van der Waals surface area contributed by atoms with E-state index in [9.17, 15) is 14.9 Å². The van der Waals surface area contributed by atoms with Crippen LogP contribution in [0.2, 0.25) is 0 Å². The van der Waals surface area contributed by atoms with Crippen LogP contribution >= 0.6 is 0 Å². The first kappa shape index (κ1) is 17.2. The van der Waals surface area contributed by atoms with Crippen molar-refractivity contribution in [2.45, 2.75) is 0 Å². The number of nitro benzene ring substituents is 1. The van der Waals surface area contributed by atoms with Crippen molar-refractivity contribution in [1.82, 2.24) is 0 Å². The molecule has 6 heteroatoms. The van der Waals surface area contributed by atoms with E-state index < -0.39 is 4.92 Å². The van der Waals surface area contributed by atoms with E-state index in [0.717, 1.165) is 0 Å². The maximum absolute atomic E-state index is 12.2. The summed E-state index contributed by atoms with van der Waals surface area (Å²) >= 11 is 0. The average Bonchev–Trinajstić information content (AvgIpc) is 3.15. The number of carbonyl (C=O) groups is 1. The third kappa shape index (κ3) is 3.87. The molecule has 0 N–H and O–H groups in total. The number of non-ortho nitro benzene ring substituents is 1. The van der Waals surface area contributed by atoms with Crippen molar-refractivity contribution in [2.75, 3.05) is 7.11 Å². The van der Waals surface area contributed by atoms with E-state index in [0.29, 0.717) is 28.4 Å². The number of furan rings is 1. The highest BCUT2D eigenvalue weighted by molar-refractivity contribution is 6.06. The van der Waals surface area contributed by atoms with Crippen LogP contribution in [-0.2, 0) is 0 Å². The van der Waals surface area contributed by atoms with Gasteiger partial charge in [0.05, 0.1) is 12.0 Å². The number of carbonyl (C=O) groups excluding carboxylic acids is 1. The number of rotatable bonds is 6. The topological polar surface area (TPSA) is 82.6 Å². The van der Waals surface area contributed by atoms with Crippen LogP contribution < -0.4 is 4.74 Å². The molecule has 130 valence electrons. The molecule has 0 saturated heterocycles. The molecule has 0 spiro atoms. The fraction of sp³-hybridized carbons (Fsp3) is 0.0500. The van der Waals surface area contributed by atoms with Crippen LogP contribution in [0.3, 0.4) is 0 Å². The number of hydrogen-bond acceptors (Lipinski definition) is 5. The van der Waals surface area contributed by atoms with Gasteiger partial charge in [0.2, 0.25) is 0 Å². The van der Waals surface area contributed by atoms with E-state index in [1.54, 1.807) is 54.6 Å². The van der Waals surface area contributed by atoms with Crippen LogP contribution in [0.15, 0.2) is 71.2 Å². The summed E-state index contributed by atoms with van der Waals surface area (Å²) in [5, 5.41) is 10.9. The molecule has 0 bridgehead atoms. The third-order valence-corrected chi connectivity index (χ3v) is 3.72. The lowest BCUT2D eigenvalue weighted by Crippen LogP contribution is -1.94. The minimum Gasteiger partial charge on any atom is -0.497 e. The molecule has 0 unspecified atom stereocenters. The Morgan fingerprint density at radius 2 is 1.92 bits per heavy atom. The van der Waals surface area contributed by atoms with Crippen molar-refractivity contribution >= 4 is 17.5 Å². The molecule has 1 aromatic heterocycles. The lowest BCUT2D eigenvalue weighted by atomic mass is 10.1. The molecule has 3 aromatic rings. The Bertz CT molecular complexity index is 987.